The minimum atomic E-state index is -3.86. The lowest BCUT2D eigenvalue weighted by molar-refractivity contribution is -0.122. The molecule has 0 saturated carbocycles. The van der Waals surface area contributed by atoms with Gasteiger partial charge in [-0.2, -0.15) is 4.72 Å². The Balaban J connectivity index is 1.88. The van der Waals surface area contributed by atoms with E-state index in [1.807, 2.05) is 17.5 Å². The molecule has 5 nitrogen and oxygen atoms in total. The second-order valence-electron chi connectivity index (χ2n) is 4.92. The van der Waals surface area contributed by atoms with Gasteiger partial charge in [0.1, 0.15) is 5.82 Å². The molecule has 0 bridgehead atoms. The van der Waals surface area contributed by atoms with Gasteiger partial charge in [-0.25, -0.2) is 12.8 Å². The Morgan fingerprint density at radius 1 is 1.26 bits per heavy atom. The molecule has 124 valence electrons. The standard InChI is InChI=1S/C15H17FN2O3S2/c1-11(15(19)17-9-8-13-3-2-10-22-13)18-23(20,21)14-6-4-12(16)5-7-14/h2-7,10-11,18H,8-9H2,1H3,(H,17,19). The number of carbonyl (C=O) groups is 1. The lowest BCUT2D eigenvalue weighted by Gasteiger charge is -2.14. The SMILES string of the molecule is CC(NS(=O)(=O)c1ccc(F)cc1)C(=O)NCCc1cccs1. The van der Waals surface area contributed by atoms with Crippen LogP contribution in [0, 0.1) is 5.82 Å². The van der Waals surface area contributed by atoms with Crippen LogP contribution < -0.4 is 10.0 Å². The van der Waals surface area contributed by atoms with Gasteiger partial charge in [-0.05, 0) is 49.1 Å². The number of thiophene rings is 1. The maximum absolute atomic E-state index is 12.8. The third kappa shape index (κ3) is 5.12. The first-order chi connectivity index (χ1) is 10.9. The van der Waals surface area contributed by atoms with Gasteiger partial charge >= 0.3 is 0 Å². The van der Waals surface area contributed by atoms with E-state index in [1.165, 1.54) is 6.92 Å². The normalized spacial score (nSPS) is 12.8. The predicted octanol–water partition coefficient (Wildman–Crippen LogP) is 1.91. The van der Waals surface area contributed by atoms with Crippen molar-refractivity contribution in [2.75, 3.05) is 6.54 Å². The number of sulfonamides is 1. The Labute approximate surface area is 138 Å². The first-order valence-electron chi connectivity index (χ1n) is 6.96. The zero-order valence-corrected chi connectivity index (χ0v) is 14.1. The van der Waals surface area contributed by atoms with Gasteiger partial charge in [0, 0.05) is 11.4 Å². The van der Waals surface area contributed by atoms with Gasteiger partial charge in [-0.3, -0.25) is 4.79 Å². The van der Waals surface area contributed by atoms with Crippen molar-refractivity contribution in [2.24, 2.45) is 0 Å². The van der Waals surface area contributed by atoms with E-state index in [2.05, 4.69) is 10.0 Å². The van der Waals surface area contributed by atoms with E-state index < -0.39 is 27.8 Å². The summed E-state index contributed by atoms with van der Waals surface area (Å²) in [6.45, 7) is 1.89. The van der Waals surface area contributed by atoms with Crippen LogP contribution in [0.25, 0.3) is 0 Å². The van der Waals surface area contributed by atoms with Crippen molar-refractivity contribution in [1.29, 1.82) is 0 Å². The van der Waals surface area contributed by atoms with E-state index in [0.717, 1.165) is 29.1 Å². The highest BCUT2D eigenvalue weighted by molar-refractivity contribution is 7.89. The van der Waals surface area contributed by atoms with E-state index in [4.69, 9.17) is 0 Å². The molecule has 1 atom stereocenters. The first-order valence-corrected chi connectivity index (χ1v) is 9.33. The van der Waals surface area contributed by atoms with Crippen molar-refractivity contribution >= 4 is 27.3 Å². The summed E-state index contributed by atoms with van der Waals surface area (Å²) >= 11 is 1.60. The number of benzene rings is 1. The molecule has 0 spiro atoms. The molecule has 8 heteroatoms. The first kappa shape index (κ1) is 17.6. The number of carbonyl (C=O) groups excluding carboxylic acids is 1. The van der Waals surface area contributed by atoms with Crippen molar-refractivity contribution in [2.45, 2.75) is 24.3 Å². The largest absolute Gasteiger partial charge is 0.354 e. The van der Waals surface area contributed by atoms with E-state index in [9.17, 15) is 17.6 Å². The fraction of sp³-hybridized carbons (Fsp3) is 0.267. The molecule has 1 aromatic carbocycles. The van der Waals surface area contributed by atoms with Gasteiger partial charge in [-0.1, -0.05) is 6.07 Å². The van der Waals surface area contributed by atoms with Crippen molar-refractivity contribution < 1.29 is 17.6 Å². The highest BCUT2D eigenvalue weighted by Gasteiger charge is 2.21. The molecule has 0 saturated heterocycles. The van der Waals surface area contributed by atoms with Crippen LogP contribution in [0.1, 0.15) is 11.8 Å². The van der Waals surface area contributed by atoms with Crippen molar-refractivity contribution in [1.82, 2.24) is 10.0 Å². The second kappa shape index (κ2) is 7.67. The summed E-state index contributed by atoms with van der Waals surface area (Å²) in [5, 5.41) is 4.64. The molecule has 2 aromatic rings. The van der Waals surface area contributed by atoms with Crippen LogP contribution in [0.2, 0.25) is 0 Å². The van der Waals surface area contributed by atoms with Gasteiger partial charge in [-0.15, -0.1) is 11.3 Å². The highest BCUT2D eigenvalue weighted by atomic mass is 32.2. The molecule has 1 amide bonds. The Morgan fingerprint density at radius 2 is 1.96 bits per heavy atom. The molecular formula is C15H17FN2O3S2. The van der Waals surface area contributed by atoms with Crippen LogP contribution in [-0.2, 0) is 21.2 Å². The lowest BCUT2D eigenvalue weighted by atomic mass is 10.3. The van der Waals surface area contributed by atoms with Crippen LogP contribution in [0.4, 0.5) is 4.39 Å². The van der Waals surface area contributed by atoms with Crippen LogP contribution in [-0.4, -0.2) is 26.9 Å². The molecule has 2 N–H and O–H groups in total. The third-order valence-corrected chi connectivity index (χ3v) is 5.59. The summed E-state index contributed by atoms with van der Waals surface area (Å²) < 4.78 is 39.3. The van der Waals surface area contributed by atoms with Gasteiger partial charge in [0.2, 0.25) is 15.9 Å². The number of halogens is 1. The predicted molar refractivity (Wildman–Crippen MR) is 87.2 cm³/mol. The fourth-order valence-corrected chi connectivity index (χ4v) is 3.80. The van der Waals surface area contributed by atoms with Crippen molar-refractivity contribution in [3.05, 3.63) is 52.5 Å². The average Bonchev–Trinajstić information content (AvgIpc) is 3.00. The van der Waals surface area contributed by atoms with Crippen LogP contribution in [0.3, 0.4) is 0 Å². The molecule has 0 fully saturated rings. The molecule has 1 unspecified atom stereocenters. The van der Waals surface area contributed by atoms with Crippen molar-refractivity contribution in [3.63, 3.8) is 0 Å². The van der Waals surface area contributed by atoms with E-state index >= 15 is 0 Å². The molecule has 23 heavy (non-hydrogen) atoms. The maximum Gasteiger partial charge on any atom is 0.241 e. The number of hydrogen-bond donors (Lipinski definition) is 2. The molecule has 1 aromatic heterocycles. The second-order valence-corrected chi connectivity index (χ2v) is 7.66. The van der Waals surface area contributed by atoms with E-state index in [0.29, 0.717) is 13.0 Å². The van der Waals surface area contributed by atoms with E-state index in [1.54, 1.807) is 11.3 Å². The Kier molecular flexibility index (Phi) is 5.86. The Hall–Kier alpha value is -1.77. The quantitative estimate of drug-likeness (QED) is 0.796. The third-order valence-electron chi connectivity index (χ3n) is 3.10. The number of nitrogens with one attached hydrogen (secondary N) is 2. The minimum Gasteiger partial charge on any atom is -0.354 e. The van der Waals surface area contributed by atoms with E-state index in [-0.39, 0.29) is 4.90 Å². The zero-order chi connectivity index (χ0) is 16.9. The topological polar surface area (TPSA) is 75.3 Å². The summed E-state index contributed by atoms with van der Waals surface area (Å²) in [4.78, 5) is 13.0. The molecular weight excluding hydrogens is 339 g/mol. The molecule has 0 radical (unpaired) electrons. The summed E-state index contributed by atoms with van der Waals surface area (Å²) in [5.74, 6) is -0.935. The molecule has 1 heterocycles. The van der Waals surface area contributed by atoms with Gasteiger partial charge in [0.05, 0.1) is 10.9 Å². The summed E-state index contributed by atoms with van der Waals surface area (Å²) in [6.07, 6.45) is 0.695. The van der Waals surface area contributed by atoms with Crippen LogP contribution in [0.5, 0.6) is 0 Å². The number of amides is 1. The average molecular weight is 356 g/mol. The maximum atomic E-state index is 12.8. The lowest BCUT2D eigenvalue weighted by Crippen LogP contribution is -2.45. The summed E-state index contributed by atoms with van der Waals surface area (Å²) in [5.41, 5.74) is 0. The Morgan fingerprint density at radius 3 is 2.57 bits per heavy atom. The Bertz CT molecular complexity index is 744. The number of hydrogen-bond acceptors (Lipinski definition) is 4. The number of rotatable bonds is 7. The van der Waals surface area contributed by atoms with Crippen LogP contribution in [0.15, 0.2) is 46.7 Å². The zero-order valence-electron chi connectivity index (χ0n) is 12.5. The van der Waals surface area contributed by atoms with Crippen LogP contribution >= 0.6 is 11.3 Å². The van der Waals surface area contributed by atoms with Gasteiger partial charge in [0.15, 0.2) is 0 Å². The summed E-state index contributed by atoms with van der Waals surface area (Å²) in [6, 6.07) is 7.39. The minimum absolute atomic E-state index is 0.0860. The summed E-state index contributed by atoms with van der Waals surface area (Å²) in [7, 11) is -3.86. The molecule has 0 aliphatic heterocycles. The molecule has 0 aliphatic carbocycles. The monoisotopic (exact) mass is 356 g/mol. The molecule has 2 rings (SSSR count). The molecule has 0 aliphatic rings. The van der Waals surface area contributed by atoms with Gasteiger partial charge < -0.3 is 5.32 Å². The fourth-order valence-electron chi connectivity index (χ4n) is 1.88. The van der Waals surface area contributed by atoms with Crippen molar-refractivity contribution in [3.8, 4) is 0 Å². The smallest absolute Gasteiger partial charge is 0.241 e. The highest BCUT2D eigenvalue weighted by Crippen LogP contribution is 2.10. The van der Waals surface area contributed by atoms with Gasteiger partial charge in [0.25, 0.3) is 0 Å².